The number of oxazole rings is 1. The van der Waals surface area contributed by atoms with E-state index in [1.54, 1.807) is 30.5 Å². The zero-order valence-corrected chi connectivity index (χ0v) is 19.7. The molecule has 4 aromatic rings. The van der Waals surface area contributed by atoms with Crippen molar-refractivity contribution in [2.45, 2.75) is 26.3 Å². The van der Waals surface area contributed by atoms with E-state index in [0.29, 0.717) is 47.4 Å². The van der Waals surface area contributed by atoms with E-state index in [9.17, 15) is 9.59 Å². The molecule has 0 radical (unpaired) electrons. The molecular weight excluding hydrogens is 458 g/mol. The van der Waals surface area contributed by atoms with Gasteiger partial charge in [0.1, 0.15) is 0 Å². The van der Waals surface area contributed by atoms with E-state index < -0.39 is 0 Å². The minimum absolute atomic E-state index is 0.168. The smallest absolute Gasteiger partial charge is 0.253 e. The second-order valence-corrected chi connectivity index (χ2v) is 8.45. The van der Waals surface area contributed by atoms with Crippen LogP contribution in [0, 0.1) is 6.92 Å². The van der Waals surface area contributed by atoms with Crippen molar-refractivity contribution in [3.05, 3.63) is 95.5 Å². The van der Waals surface area contributed by atoms with Gasteiger partial charge in [-0.3, -0.25) is 9.59 Å². The van der Waals surface area contributed by atoms with Crippen LogP contribution in [-0.2, 0) is 17.8 Å². The second kappa shape index (κ2) is 10.4. The third kappa shape index (κ3) is 5.38. The van der Waals surface area contributed by atoms with Gasteiger partial charge in [0.05, 0.1) is 17.4 Å². The Morgan fingerprint density at radius 1 is 0.972 bits per heavy atom. The monoisotopic (exact) mass is 483 g/mol. The number of anilines is 1. The number of nitrogens with one attached hydrogen (secondary N) is 2. The first-order chi connectivity index (χ1) is 17.5. The van der Waals surface area contributed by atoms with Crippen LogP contribution in [0.3, 0.4) is 0 Å². The van der Waals surface area contributed by atoms with Gasteiger partial charge in [0.2, 0.25) is 12.7 Å². The fourth-order valence-electron chi connectivity index (χ4n) is 3.83. The van der Waals surface area contributed by atoms with Gasteiger partial charge in [0.25, 0.3) is 5.91 Å². The molecule has 0 aliphatic carbocycles. The summed E-state index contributed by atoms with van der Waals surface area (Å²) in [6.45, 7) is 2.53. The molecule has 182 valence electrons. The number of para-hydroxylation sites is 1. The van der Waals surface area contributed by atoms with E-state index >= 15 is 0 Å². The maximum Gasteiger partial charge on any atom is 0.253 e. The highest BCUT2D eigenvalue weighted by molar-refractivity contribution is 6.03. The van der Waals surface area contributed by atoms with Crippen molar-refractivity contribution in [3.63, 3.8) is 0 Å². The first-order valence-corrected chi connectivity index (χ1v) is 11.6. The Morgan fingerprint density at radius 2 is 1.78 bits per heavy atom. The zero-order valence-electron chi connectivity index (χ0n) is 19.7. The number of fused-ring (bicyclic) bond motifs is 1. The van der Waals surface area contributed by atoms with Crippen molar-refractivity contribution < 1.29 is 23.5 Å². The predicted molar refractivity (Wildman–Crippen MR) is 134 cm³/mol. The molecule has 3 aromatic carbocycles. The summed E-state index contributed by atoms with van der Waals surface area (Å²) in [6, 6.07) is 20.4. The van der Waals surface area contributed by atoms with Gasteiger partial charge in [-0.1, -0.05) is 48.0 Å². The maximum atomic E-state index is 12.8. The Labute approximate surface area is 208 Å². The molecule has 1 aliphatic heterocycles. The average Bonchev–Trinajstić information content (AvgIpc) is 3.56. The standard InChI is InChI=1S/C28H25N3O5/c1-18-6-9-20(10-7-18)25-16-29-27(36-25)13-12-26(32)31-22-5-3-2-4-21(22)28(33)30-15-19-8-11-23-24(14-19)35-17-34-23/h2-11,14,16H,12-13,15,17H2,1H3,(H,30,33)(H,31,32). The van der Waals surface area contributed by atoms with Gasteiger partial charge in [-0.15, -0.1) is 0 Å². The Hall–Kier alpha value is -4.59. The molecule has 1 aliphatic rings. The van der Waals surface area contributed by atoms with Crippen molar-refractivity contribution in [1.82, 2.24) is 10.3 Å². The number of carbonyl (C=O) groups is 2. The lowest BCUT2D eigenvalue weighted by atomic mass is 10.1. The fraction of sp³-hybridized carbons (Fsp3) is 0.179. The van der Waals surface area contributed by atoms with Crippen LogP contribution in [0.5, 0.6) is 11.5 Å². The molecule has 2 amide bonds. The molecule has 0 atom stereocenters. The number of benzene rings is 3. The lowest BCUT2D eigenvalue weighted by molar-refractivity contribution is -0.116. The Kier molecular flexibility index (Phi) is 6.66. The van der Waals surface area contributed by atoms with Crippen LogP contribution in [-0.4, -0.2) is 23.6 Å². The molecule has 0 saturated heterocycles. The molecule has 0 bridgehead atoms. The molecule has 0 saturated carbocycles. The van der Waals surface area contributed by atoms with Crippen molar-refractivity contribution in [2.24, 2.45) is 0 Å². The van der Waals surface area contributed by atoms with Gasteiger partial charge in [0.15, 0.2) is 23.1 Å². The van der Waals surface area contributed by atoms with E-state index in [1.807, 2.05) is 49.4 Å². The number of aryl methyl sites for hydroxylation is 2. The third-order valence-electron chi connectivity index (χ3n) is 5.79. The first kappa shape index (κ1) is 23.2. The van der Waals surface area contributed by atoms with Crippen LogP contribution in [0.2, 0.25) is 0 Å². The Balaban J connectivity index is 1.16. The first-order valence-electron chi connectivity index (χ1n) is 11.6. The van der Waals surface area contributed by atoms with Crippen LogP contribution in [0.25, 0.3) is 11.3 Å². The molecular formula is C28H25N3O5. The van der Waals surface area contributed by atoms with Gasteiger partial charge in [-0.05, 0) is 36.8 Å². The summed E-state index contributed by atoms with van der Waals surface area (Å²) < 4.78 is 16.5. The number of hydrogen-bond acceptors (Lipinski definition) is 6. The lowest BCUT2D eigenvalue weighted by Gasteiger charge is -2.11. The summed E-state index contributed by atoms with van der Waals surface area (Å²) in [4.78, 5) is 29.8. The highest BCUT2D eigenvalue weighted by atomic mass is 16.7. The summed E-state index contributed by atoms with van der Waals surface area (Å²) in [5.41, 5.74) is 3.80. The van der Waals surface area contributed by atoms with E-state index in [4.69, 9.17) is 13.9 Å². The molecule has 8 heteroatoms. The van der Waals surface area contributed by atoms with Crippen LogP contribution in [0.4, 0.5) is 5.69 Å². The molecule has 0 unspecified atom stereocenters. The van der Waals surface area contributed by atoms with Crippen molar-refractivity contribution in [1.29, 1.82) is 0 Å². The van der Waals surface area contributed by atoms with Crippen molar-refractivity contribution >= 4 is 17.5 Å². The lowest BCUT2D eigenvalue weighted by Crippen LogP contribution is -2.25. The minimum Gasteiger partial charge on any atom is -0.454 e. The second-order valence-electron chi connectivity index (χ2n) is 8.45. The number of rotatable bonds is 8. The van der Waals surface area contributed by atoms with Crippen molar-refractivity contribution in [3.8, 4) is 22.8 Å². The molecule has 2 heterocycles. The summed E-state index contributed by atoms with van der Waals surface area (Å²) in [5.74, 6) is 1.96. The summed E-state index contributed by atoms with van der Waals surface area (Å²) in [5, 5.41) is 5.72. The number of amides is 2. The van der Waals surface area contributed by atoms with Gasteiger partial charge in [-0.2, -0.15) is 0 Å². The normalized spacial score (nSPS) is 11.8. The van der Waals surface area contributed by atoms with Crippen LogP contribution >= 0.6 is 0 Å². The number of hydrogen-bond donors (Lipinski definition) is 2. The van der Waals surface area contributed by atoms with Crippen LogP contribution in [0.15, 0.2) is 77.3 Å². The number of aromatic nitrogens is 1. The Morgan fingerprint density at radius 3 is 2.64 bits per heavy atom. The topological polar surface area (TPSA) is 103 Å². The van der Waals surface area contributed by atoms with Gasteiger partial charge in [-0.25, -0.2) is 4.98 Å². The van der Waals surface area contributed by atoms with Gasteiger partial charge in [0, 0.05) is 24.9 Å². The number of nitrogens with zero attached hydrogens (tertiary/aromatic N) is 1. The molecule has 2 N–H and O–H groups in total. The van der Waals surface area contributed by atoms with E-state index in [2.05, 4.69) is 15.6 Å². The molecule has 0 fully saturated rings. The van der Waals surface area contributed by atoms with E-state index in [-0.39, 0.29) is 25.0 Å². The minimum atomic E-state index is -0.293. The van der Waals surface area contributed by atoms with Crippen LogP contribution < -0.4 is 20.1 Å². The zero-order chi connectivity index (χ0) is 24.9. The van der Waals surface area contributed by atoms with Crippen LogP contribution in [0.1, 0.15) is 33.8 Å². The third-order valence-corrected chi connectivity index (χ3v) is 5.79. The summed E-state index contributed by atoms with van der Waals surface area (Å²) >= 11 is 0. The quantitative estimate of drug-likeness (QED) is 0.370. The number of ether oxygens (including phenoxy) is 2. The summed E-state index contributed by atoms with van der Waals surface area (Å²) in [6.07, 6.45) is 2.18. The van der Waals surface area contributed by atoms with E-state index in [1.165, 1.54) is 0 Å². The highest BCUT2D eigenvalue weighted by Gasteiger charge is 2.16. The fourth-order valence-corrected chi connectivity index (χ4v) is 3.83. The summed E-state index contributed by atoms with van der Waals surface area (Å²) in [7, 11) is 0. The maximum absolute atomic E-state index is 12.8. The molecule has 8 nitrogen and oxygen atoms in total. The predicted octanol–water partition coefficient (Wildman–Crippen LogP) is 4.88. The SMILES string of the molecule is Cc1ccc(-c2cnc(CCC(=O)Nc3ccccc3C(=O)NCc3ccc4c(c3)OCO4)o2)cc1. The molecule has 36 heavy (non-hydrogen) atoms. The highest BCUT2D eigenvalue weighted by Crippen LogP contribution is 2.32. The van der Waals surface area contributed by atoms with Crippen molar-refractivity contribution in [2.75, 3.05) is 12.1 Å². The van der Waals surface area contributed by atoms with Gasteiger partial charge >= 0.3 is 0 Å². The number of carbonyl (C=O) groups excluding carboxylic acids is 2. The molecule has 1 aromatic heterocycles. The molecule has 0 spiro atoms. The van der Waals surface area contributed by atoms with E-state index in [0.717, 1.165) is 16.7 Å². The van der Waals surface area contributed by atoms with Gasteiger partial charge < -0.3 is 24.5 Å². The average molecular weight is 484 g/mol. The Bertz CT molecular complexity index is 1390. The largest absolute Gasteiger partial charge is 0.454 e. The molecule has 5 rings (SSSR count).